The molecule has 3 rings (SSSR count). The van der Waals surface area contributed by atoms with Crippen molar-refractivity contribution in [3.8, 4) is 11.5 Å². The second kappa shape index (κ2) is 9.64. The minimum Gasteiger partial charge on any atom is -0.493 e. The molecule has 9 nitrogen and oxygen atoms in total. The zero-order valence-corrected chi connectivity index (χ0v) is 16.7. The van der Waals surface area contributed by atoms with Gasteiger partial charge in [-0.25, -0.2) is 4.79 Å². The topological polar surface area (TPSA) is 110 Å². The molecule has 1 aromatic carbocycles. The Bertz CT molecular complexity index is 961. The lowest BCUT2D eigenvalue weighted by Crippen LogP contribution is -2.58. The molecular formula is C21H22N4O5. The van der Waals surface area contributed by atoms with Crippen LogP contribution in [0.3, 0.4) is 0 Å². The highest BCUT2D eigenvalue weighted by Crippen LogP contribution is 2.27. The smallest absolute Gasteiger partial charge is 0.330 e. The van der Waals surface area contributed by atoms with Gasteiger partial charge in [-0.1, -0.05) is 12.1 Å². The molecule has 1 fully saturated rings. The van der Waals surface area contributed by atoms with Crippen molar-refractivity contribution >= 4 is 24.1 Å². The van der Waals surface area contributed by atoms with Gasteiger partial charge < -0.3 is 9.47 Å². The zero-order valence-electron chi connectivity index (χ0n) is 16.7. The van der Waals surface area contributed by atoms with E-state index in [4.69, 9.17) is 9.47 Å². The molecule has 2 aromatic rings. The molecule has 0 unspecified atom stereocenters. The normalized spacial score (nSPS) is 16.7. The van der Waals surface area contributed by atoms with Crippen LogP contribution in [0, 0.1) is 5.92 Å². The fourth-order valence-electron chi connectivity index (χ4n) is 3.01. The summed E-state index contributed by atoms with van der Waals surface area (Å²) in [6.45, 7) is 0.394. The van der Waals surface area contributed by atoms with Crippen LogP contribution < -0.4 is 14.8 Å². The average Bonchev–Trinajstić information content (AvgIpc) is 2.76. The van der Waals surface area contributed by atoms with Gasteiger partial charge in [0.15, 0.2) is 17.4 Å². The average molecular weight is 410 g/mol. The number of pyridine rings is 1. The first-order valence-electron chi connectivity index (χ1n) is 9.29. The number of barbiturate groups is 1. The van der Waals surface area contributed by atoms with E-state index in [0.29, 0.717) is 17.9 Å². The molecule has 0 aliphatic carbocycles. The first-order valence-corrected chi connectivity index (χ1v) is 9.29. The van der Waals surface area contributed by atoms with Gasteiger partial charge in [-0.15, -0.1) is 0 Å². The summed E-state index contributed by atoms with van der Waals surface area (Å²) in [4.78, 5) is 46.2. The largest absolute Gasteiger partial charge is 0.493 e. The molecule has 1 atom stereocenters. The fourth-order valence-corrected chi connectivity index (χ4v) is 3.01. The summed E-state index contributed by atoms with van der Waals surface area (Å²) in [5.74, 6) is -1.28. The lowest BCUT2D eigenvalue weighted by molar-refractivity contribution is -0.139. The summed E-state index contributed by atoms with van der Waals surface area (Å²) in [5.41, 5.74) is 1.70. The number of nitrogens with one attached hydrogen (secondary N) is 1. The van der Waals surface area contributed by atoms with Crippen LogP contribution in [0.25, 0.3) is 0 Å². The van der Waals surface area contributed by atoms with Gasteiger partial charge in [0.05, 0.1) is 20.8 Å². The van der Waals surface area contributed by atoms with Crippen LogP contribution in [0.1, 0.15) is 11.1 Å². The van der Waals surface area contributed by atoms with Gasteiger partial charge in [-0.2, -0.15) is 0 Å². The molecule has 30 heavy (non-hydrogen) atoms. The number of carbonyl (C=O) groups excluding carboxylic acids is 3. The standard InChI is InChI=1S/C21H22N4O5/c1-29-17-6-5-14(10-18(17)30-2)7-9-25-20(27)16(19(26)24-21(25)28)13-23-12-15-4-3-8-22-11-15/h3-6,8,10-11,13,16H,7,9,12H2,1-2H3,(H,24,26,28)/t16-/m0/s1. The molecule has 0 radical (unpaired) electrons. The van der Waals surface area contributed by atoms with Crippen LogP contribution in [0.5, 0.6) is 11.5 Å². The van der Waals surface area contributed by atoms with Crippen molar-refractivity contribution in [2.45, 2.75) is 13.0 Å². The van der Waals surface area contributed by atoms with E-state index in [1.165, 1.54) is 13.3 Å². The van der Waals surface area contributed by atoms with Crippen molar-refractivity contribution in [1.29, 1.82) is 0 Å². The number of ether oxygens (including phenoxy) is 2. The lowest BCUT2D eigenvalue weighted by Gasteiger charge is -2.28. The second-order valence-corrected chi connectivity index (χ2v) is 6.55. The van der Waals surface area contributed by atoms with E-state index in [2.05, 4.69) is 15.3 Å². The molecule has 9 heteroatoms. The van der Waals surface area contributed by atoms with Crippen LogP contribution in [0.2, 0.25) is 0 Å². The Labute approximate surface area is 173 Å². The van der Waals surface area contributed by atoms with E-state index in [0.717, 1.165) is 16.0 Å². The number of aliphatic imine (C=N–C) groups is 1. The second-order valence-electron chi connectivity index (χ2n) is 6.55. The van der Waals surface area contributed by atoms with Crippen molar-refractivity contribution in [2.24, 2.45) is 10.9 Å². The Morgan fingerprint density at radius 1 is 1.13 bits per heavy atom. The summed E-state index contributed by atoms with van der Waals surface area (Å²) in [6, 6.07) is 8.24. The van der Waals surface area contributed by atoms with Gasteiger partial charge in [0.25, 0.3) is 0 Å². The highest BCUT2D eigenvalue weighted by molar-refractivity contribution is 6.23. The van der Waals surface area contributed by atoms with Crippen LogP contribution in [0.4, 0.5) is 4.79 Å². The zero-order chi connectivity index (χ0) is 21.5. The van der Waals surface area contributed by atoms with Crippen molar-refractivity contribution in [3.05, 3.63) is 53.9 Å². The van der Waals surface area contributed by atoms with Crippen LogP contribution >= 0.6 is 0 Å². The minimum atomic E-state index is -1.15. The third-order valence-electron chi connectivity index (χ3n) is 4.61. The van der Waals surface area contributed by atoms with E-state index in [1.54, 1.807) is 37.7 Å². The summed E-state index contributed by atoms with van der Waals surface area (Å²) in [6.07, 6.45) is 4.97. The third kappa shape index (κ3) is 4.80. The van der Waals surface area contributed by atoms with Crippen molar-refractivity contribution < 1.29 is 23.9 Å². The fraction of sp³-hybridized carbons (Fsp3) is 0.286. The summed E-state index contributed by atoms with van der Waals surface area (Å²) >= 11 is 0. The van der Waals surface area contributed by atoms with E-state index in [1.807, 2.05) is 12.1 Å². The predicted octanol–water partition coefficient (Wildman–Crippen LogP) is 1.61. The quantitative estimate of drug-likeness (QED) is 0.523. The van der Waals surface area contributed by atoms with Crippen molar-refractivity contribution in [2.75, 3.05) is 20.8 Å². The molecule has 0 saturated carbocycles. The molecule has 1 aliphatic rings. The van der Waals surface area contributed by atoms with Gasteiger partial charge in [-0.3, -0.25) is 29.8 Å². The van der Waals surface area contributed by atoms with Crippen molar-refractivity contribution in [1.82, 2.24) is 15.2 Å². The van der Waals surface area contributed by atoms with E-state index in [9.17, 15) is 14.4 Å². The first-order chi connectivity index (χ1) is 14.5. The molecule has 156 valence electrons. The number of amides is 4. The molecule has 1 aliphatic heterocycles. The molecule has 1 N–H and O–H groups in total. The van der Waals surface area contributed by atoms with Crippen molar-refractivity contribution in [3.63, 3.8) is 0 Å². The molecule has 4 amide bonds. The number of carbonyl (C=O) groups is 3. The summed E-state index contributed by atoms with van der Waals surface area (Å²) in [5, 5.41) is 2.21. The Hall–Kier alpha value is -3.75. The van der Waals surface area contributed by atoms with Gasteiger partial charge in [0.1, 0.15) is 0 Å². The predicted molar refractivity (Wildman–Crippen MR) is 108 cm³/mol. The van der Waals surface area contributed by atoms with E-state index < -0.39 is 23.8 Å². The summed E-state index contributed by atoms with van der Waals surface area (Å²) in [7, 11) is 3.07. The maximum absolute atomic E-state index is 12.7. The van der Waals surface area contributed by atoms with Gasteiger partial charge in [-0.05, 0) is 35.7 Å². The Morgan fingerprint density at radius 2 is 1.93 bits per heavy atom. The number of rotatable bonds is 8. The lowest BCUT2D eigenvalue weighted by atomic mass is 10.1. The number of methoxy groups -OCH3 is 2. The number of hydrogen-bond acceptors (Lipinski definition) is 7. The van der Waals surface area contributed by atoms with Crippen LogP contribution in [-0.2, 0) is 22.6 Å². The molecule has 1 saturated heterocycles. The Kier molecular flexibility index (Phi) is 6.74. The number of urea groups is 1. The number of benzene rings is 1. The summed E-state index contributed by atoms with van der Waals surface area (Å²) < 4.78 is 10.5. The number of aromatic nitrogens is 1. The maximum Gasteiger partial charge on any atom is 0.330 e. The van der Waals surface area contributed by atoms with Gasteiger partial charge in [0, 0.05) is 25.2 Å². The molecule has 1 aromatic heterocycles. The molecule has 0 bridgehead atoms. The number of hydrogen-bond donors (Lipinski definition) is 1. The van der Waals surface area contributed by atoms with Crippen LogP contribution in [-0.4, -0.2) is 54.7 Å². The van der Waals surface area contributed by atoms with E-state index in [-0.39, 0.29) is 13.1 Å². The number of nitrogens with zero attached hydrogens (tertiary/aromatic N) is 3. The minimum absolute atomic E-state index is 0.111. The Morgan fingerprint density at radius 3 is 2.63 bits per heavy atom. The molecular weight excluding hydrogens is 388 g/mol. The third-order valence-corrected chi connectivity index (χ3v) is 4.61. The van der Waals surface area contributed by atoms with Crippen LogP contribution in [0.15, 0.2) is 47.7 Å². The molecule has 2 heterocycles. The highest BCUT2D eigenvalue weighted by atomic mass is 16.5. The SMILES string of the molecule is COc1ccc(CCN2C(=O)NC(=O)[C@H](C=NCc3cccnc3)C2=O)cc1OC. The Balaban J connectivity index is 1.66. The molecule has 0 spiro atoms. The van der Waals surface area contributed by atoms with E-state index >= 15 is 0 Å². The highest BCUT2D eigenvalue weighted by Gasteiger charge is 2.39. The van der Waals surface area contributed by atoms with Gasteiger partial charge >= 0.3 is 6.03 Å². The first kappa shape index (κ1) is 21.0. The maximum atomic E-state index is 12.7. The monoisotopic (exact) mass is 410 g/mol. The van der Waals surface area contributed by atoms with Gasteiger partial charge in [0.2, 0.25) is 11.8 Å². The number of imide groups is 2.